The van der Waals surface area contributed by atoms with Crippen LogP contribution in [0.15, 0.2) is 36.7 Å². The second-order valence-corrected chi connectivity index (χ2v) is 8.28. The second kappa shape index (κ2) is 8.19. The second-order valence-electron chi connectivity index (χ2n) is 8.28. The lowest BCUT2D eigenvalue weighted by atomic mass is 10.0. The van der Waals surface area contributed by atoms with Crippen LogP contribution in [0.2, 0.25) is 0 Å². The van der Waals surface area contributed by atoms with E-state index in [0.717, 1.165) is 54.3 Å². The molecule has 162 valence electrons. The van der Waals surface area contributed by atoms with Gasteiger partial charge in [-0.05, 0) is 25.1 Å². The van der Waals surface area contributed by atoms with Gasteiger partial charge in [-0.25, -0.2) is 9.97 Å². The third-order valence-corrected chi connectivity index (χ3v) is 6.15. The van der Waals surface area contributed by atoms with Crippen molar-refractivity contribution in [1.82, 2.24) is 19.9 Å². The van der Waals surface area contributed by atoms with Crippen molar-refractivity contribution in [2.75, 3.05) is 37.7 Å². The van der Waals surface area contributed by atoms with Crippen molar-refractivity contribution in [2.24, 2.45) is 13.0 Å². The molecular formula is C23H27N5O3. The zero-order valence-electron chi connectivity index (χ0n) is 17.9. The summed E-state index contributed by atoms with van der Waals surface area (Å²) in [4.78, 5) is 23.4. The molecule has 0 saturated carbocycles. The van der Waals surface area contributed by atoms with Gasteiger partial charge in [0.2, 0.25) is 11.8 Å². The summed E-state index contributed by atoms with van der Waals surface area (Å²) < 4.78 is 13.7. The van der Waals surface area contributed by atoms with E-state index in [1.807, 2.05) is 24.6 Å². The van der Waals surface area contributed by atoms with Gasteiger partial charge in [0.1, 0.15) is 11.6 Å². The van der Waals surface area contributed by atoms with Crippen LogP contribution in [0, 0.1) is 5.92 Å². The van der Waals surface area contributed by atoms with Gasteiger partial charge in [0.15, 0.2) is 0 Å². The third-order valence-electron chi connectivity index (χ3n) is 6.15. The molecule has 31 heavy (non-hydrogen) atoms. The van der Waals surface area contributed by atoms with Gasteiger partial charge in [-0.2, -0.15) is 0 Å². The lowest BCUT2D eigenvalue weighted by Gasteiger charge is -2.29. The highest BCUT2D eigenvalue weighted by molar-refractivity contribution is 5.85. The Morgan fingerprint density at radius 3 is 2.87 bits per heavy atom. The standard InChI is InChI=1S/C23H27N5O3/c1-15(17-11-21(29)24-13-17)31-23-22-20(25-14-27(22)2)12-19(26-23)16-4-3-5-18(10-16)28-6-8-30-9-7-28/h3-5,10,12,14-15,17H,6-9,11,13H2,1-2H3,(H,24,29)/t15-,17-/m1/s1. The van der Waals surface area contributed by atoms with Gasteiger partial charge >= 0.3 is 0 Å². The molecule has 0 radical (unpaired) electrons. The van der Waals surface area contributed by atoms with Crippen LogP contribution >= 0.6 is 0 Å². The number of carbonyl (C=O) groups excluding carboxylic acids is 1. The number of imidazole rings is 1. The molecule has 2 fully saturated rings. The summed E-state index contributed by atoms with van der Waals surface area (Å²) in [5.41, 5.74) is 4.70. The molecule has 3 aromatic rings. The van der Waals surface area contributed by atoms with Crippen molar-refractivity contribution < 1.29 is 14.3 Å². The Bertz CT molecular complexity index is 1110. The lowest BCUT2D eigenvalue weighted by molar-refractivity contribution is -0.119. The maximum atomic E-state index is 11.6. The summed E-state index contributed by atoms with van der Waals surface area (Å²) in [6.45, 7) is 5.90. The summed E-state index contributed by atoms with van der Waals surface area (Å²) >= 11 is 0. The fraction of sp³-hybridized carbons (Fsp3) is 0.435. The number of aromatic nitrogens is 3. The van der Waals surface area contributed by atoms with Crippen molar-refractivity contribution in [1.29, 1.82) is 0 Å². The molecule has 2 aromatic heterocycles. The van der Waals surface area contributed by atoms with E-state index in [2.05, 4.69) is 39.5 Å². The van der Waals surface area contributed by atoms with E-state index < -0.39 is 0 Å². The number of hydrogen-bond donors (Lipinski definition) is 1. The normalized spacial score (nSPS) is 20.1. The smallest absolute Gasteiger partial charge is 0.241 e. The molecule has 0 spiro atoms. The third kappa shape index (κ3) is 3.95. The average Bonchev–Trinajstić information content (AvgIpc) is 3.40. The number of nitrogens with zero attached hydrogens (tertiary/aromatic N) is 4. The number of benzene rings is 1. The Morgan fingerprint density at radius 2 is 2.10 bits per heavy atom. The molecule has 2 atom stereocenters. The number of pyridine rings is 1. The Kier molecular flexibility index (Phi) is 5.23. The molecule has 1 amide bonds. The van der Waals surface area contributed by atoms with Gasteiger partial charge in [0, 0.05) is 50.3 Å². The number of carbonyl (C=O) groups is 1. The first-order valence-electron chi connectivity index (χ1n) is 10.8. The number of rotatable bonds is 5. The molecule has 8 nitrogen and oxygen atoms in total. The van der Waals surface area contributed by atoms with Crippen LogP contribution < -0.4 is 15.0 Å². The average molecular weight is 422 g/mol. The van der Waals surface area contributed by atoms with E-state index in [-0.39, 0.29) is 17.9 Å². The molecular weight excluding hydrogens is 394 g/mol. The molecule has 2 aliphatic heterocycles. The minimum Gasteiger partial charge on any atom is -0.473 e. The molecule has 5 rings (SSSR count). The number of aryl methyl sites for hydroxylation is 1. The minimum absolute atomic E-state index is 0.0766. The van der Waals surface area contributed by atoms with Crippen LogP contribution in [0.1, 0.15) is 13.3 Å². The molecule has 1 N–H and O–H groups in total. The van der Waals surface area contributed by atoms with Gasteiger partial charge in [-0.15, -0.1) is 0 Å². The number of fused-ring (bicyclic) bond motifs is 1. The molecule has 1 aromatic carbocycles. The quantitative estimate of drug-likeness (QED) is 0.681. The first-order chi connectivity index (χ1) is 15.1. The van der Waals surface area contributed by atoms with Crippen molar-refractivity contribution in [3.8, 4) is 17.1 Å². The largest absolute Gasteiger partial charge is 0.473 e. The minimum atomic E-state index is -0.139. The van der Waals surface area contributed by atoms with Crippen LogP contribution in [0.25, 0.3) is 22.3 Å². The maximum absolute atomic E-state index is 11.6. The van der Waals surface area contributed by atoms with Crippen LogP contribution in [0.5, 0.6) is 5.88 Å². The number of hydrogen-bond acceptors (Lipinski definition) is 6. The van der Waals surface area contributed by atoms with Gasteiger partial charge < -0.3 is 24.3 Å². The zero-order chi connectivity index (χ0) is 21.4. The molecule has 0 aliphatic carbocycles. The van der Waals surface area contributed by atoms with Gasteiger partial charge in [-0.1, -0.05) is 12.1 Å². The first kappa shape index (κ1) is 19.8. The lowest BCUT2D eigenvalue weighted by Crippen LogP contribution is -2.36. The van der Waals surface area contributed by atoms with E-state index in [0.29, 0.717) is 18.8 Å². The Morgan fingerprint density at radius 1 is 1.26 bits per heavy atom. The number of morpholine rings is 1. The van der Waals surface area contributed by atoms with Crippen molar-refractivity contribution in [3.05, 3.63) is 36.7 Å². The van der Waals surface area contributed by atoms with E-state index in [4.69, 9.17) is 14.5 Å². The van der Waals surface area contributed by atoms with E-state index >= 15 is 0 Å². The van der Waals surface area contributed by atoms with Crippen molar-refractivity contribution in [2.45, 2.75) is 19.4 Å². The van der Waals surface area contributed by atoms with Crippen molar-refractivity contribution >= 4 is 22.6 Å². The van der Waals surface area contributed by atoms with Gasteiger partial charge in [0.25, 0.3) is 0 Å². The van der Waals surface area contributed by atoms with Gasteiger partial charge in [-0.3, -0.25) is 4.79 Å². The number of amides is 1. The summed E-state index contributed by atoms with van der Waals surface area (Å²) in [6, 6.07) is 10.4. The molecule has 2 aliphatic rings. The SMILES string of the molecule is C[C@@H](Oc1nc(-c2cccc(N3CCOCC3)c2)cc2ncn(C)c12)[C@H]1CNC(=O)C1. The van der Waals surface area contributed by atoms with Gasteiger partial charge in [0.05, 0.1) is 30.8 Å². The zero-order valence-corrected chi connectivity index (χ0v) is 17.9. The predicted molar refractivity (Wildman–Crippen MR) is 118 cm³/mol. The summed E-state index contributed by atoms with van der Waals surface area (Å²) in [7, 11) is 1.94. The number of ether oxygens (including phenoxy) is 2. The van der Waals surface area contributed by atoms with E-state index in [1.165, 1.54) is 0 Å². The first-order valence-corrected chi connectivity index (χ1v) is 10.8. The number of nitrogens with one attached hydrogen (secondary N) is 1. The Hall–Kier alpha value is -3.13. The van der Waals surface area contributed by atoms with Crippen LogP contribution in [0.4, 0.5) is 5.69 Å². The summed E-state index contributed by atoms with van der Waals surface area (Å²) in [6.07, 6.45) is 2.12. The highest BCUT2D eigenvalue weighted by Gasteiger charge is 2.29. The summed E-state index contributed by atoms with van der Waals surface area (Å²) in [5.74, 6) is 0.759. The maximum Gasteiger partial charge on any atom is 0.241 e. The molecule has 8 heteroatoms. The van der Waals surface area contributed by atoms with Crippen LogP contribution in [0.3, 0.4) is 0 Å². The van der Waals surface area contributed by atoms with Crippen LogP contribution in [-0.2, 0) is 16.6 Å². The van der Waals surface area contributed by atoms with Crippen LogP contribution in [-0.4, -0.2) is 59.4 Å². The molecule has 0 unspecified atom stereocenters. The highest BCUT2D eigenvalue weighted by Crippen LogP contribution is 2.32. The van der Waals surface area contributed by atoms with E-state index in [9.17, 15) is 4.79 Å². The fourth-order valence-electron chi connectivity index (χ4n) is 4.28. The van der Waals surface area contributed by atoms with E-state index in [1.54, 1.807) is 6.33 Å². The Balaban J connectivity index is 1.49. The molecule has 0 bridgehead atoms. The number of anilines is 1. The summed E-state index contributed by atoms with van der Waals surface area (Å²) in [5, 5.41) is 2.88. The Labute approximate surface area is 181 Å². The highest BCUT2D eigenvalue weighted by atomic mass is 16.5. The van der Waals surface area contributed by atoms with Crippen molar-refractivity contribution in [3.63, 3.8) is 0 Å². The fourth-order valence-corrected chi connectivity index (χ4v) is 4.28. The monoisotopic (exact) mass is 421 g/mol. The molecule has 4 heterocycles. The topological polar surface area (TPSA) is 81.5 Å². The molecule has 2 saturated heterocycles. The predicted octanol–water partition coefficient (Wildman–Crippen LogP) is 2.38.